The van der Waals surface area contributed by atoms with E-state index in [9.17, 15) is 14.4 Å². The summed E-state index contributed by atoms with van der Waals surface area (Å²) in [7, 11) is 0. The second-order valence-corrected chi connectivity index (χ2v) is 6.92. The first-order chi connectivity index (χ1) is 14.6. The molecule has 0 atom stereocenters. The van der Waals surface area contributed by atoms with Gasteiger partial charge in [0, 0.05) is 24.0 Å². The highest BCUT2D eigenvalue weighted by molar-refractivity contribution is 6.01. The largest absolute Gasteiger partial charge is 0.462 e. The first kappa shape index (κ1) is 19.6. The Morgan fingerprint density at radius 1 is 1.20 bits per heavy atom. The minimum atomic E-state index is -0.526. The van der Waals surface area contributed by atoms with E-state index in [0.29, 0.717) is 17.1 Å². The molecule has 1 fully saturated rings. The van der Waals surface area contributed by atoms with E-state index in [-0.39, 0.29) is 30.4 Å². The van der Waals surface area contributed by atoms with Crippen LogP contribution in [0.2, 0.25) is 0 Å². The summed E-state index contributed by atoms with van der Waals surface area (Å²) in [4.78, 5) is 41.7. The van der Waals surface area contributed by atoms with Gasteiger partial charge in [0.2, 0.25) is 5.91 Å². The topological polar surface area (TPSA) is 108 Å². The molecule has 0 bridgehead atoms. The number of pyridine rings is 1. The molecule has 2 aromatic heterocycles. The predicted molar refractivity (Wildman–Crippen MR) is 109 cm³/mol. The van der Waals surface area contributed by atoms with Gasteiger partial charge in [0.25, 0.3) is 0 Å². The van der Waals surface area contributed by atoms with Crippen molar-refractivity contribution in [1.29, 1.82) is 0 Å². The van der Waals surface area contributed by atoms with E-state index in [4.69, 9.17) is 4.74 Å². The Labute approximate surface area is 172 Å². The van der Waals surface area contributed by atoms with E-state index in [1.54, 1.807) is 54.2 Å². The summed E-state index contributed by atoms with van der Waals surface area (Å²) in [6.45, 7) is 1.66. The summed E-state index contributed by atoms with van der Waals surface area (Å²) in [6.07, 6.45) is 5.09. The SMILES string of the molecule is CCOC(=O)c1ccccc1NC(=O)Cn1nc(-c2cccnc2)n(C2CC2)c1=O. The van der Waals surface area contributed by atoms with Crippen LogP contribution in [0, 0.1) is 0 Å². The Bertz CT molecular complexity index is 1130. The molecule has 0 unspecified atom stereocenters. The predicted octanol–water partition coefficient (Wildman–Crippen LogP) is 2.26. The lowest BCUT2D eigenvalue weighted by Crippen LogP contribution is -2.30. The molecule has 0 aliphatic heterocycles. The average Bonchev–Trinajstić information content (AvgIpc) is 3.53. The van der Waals surface area contributed by atoms with Crippen LogP contribution in [0.25, 0.3) is 11.4 Å². The monoisotopic (exact) mass is 407 g/mol. The number of anilines is 1. The molecule has 1 N–H and O–H groups in total. The van der Waals surface area contributed by atoms with Crippen molar-refractivity contribution >= 4 is 17.6 Å². The van der Waals surface area contributed by atoms with Crippen LogP contribution in [-0.4, -0.2) is 37.8 Å². The first-order valence-electron chi connectivity index (χ1n) is 9.74. The zero-order valence-electron chi connectivity index (χ0n) is 16.4. The van der Waals surface area contributed by atoms with Crippen LogP contribution in [0.4, 0.5) is 5.69 Å². The Kier molecular flexibility index (Phi) is 5.42. The van der Waals surface area contributed by atoms with Gasteiger partial charge in [-0.3, -0.25) is 14.3 Å². The van der Waals surface area contributed by atoms with Crippen LogP contribution >= 0.6 is 0 Å². The standard InChI is InChI=1S/C21H21N5O4/c1-2-30-20(28)16-7-3-4-8-17(16)23-18(27)13-25-21(29)26(15-9-10-15)19(24-25)14-6-5-11-22-12-14/h3-8,11-12,15H,2,9-10,13H2,1H3,(H,23,27). The van der Waals surface area contributed by atoms with E-state index < -0.39 is 11.9 Å². The number of nitrogens with one attached hydrogen (secondary N) is 1. The van der Waals surface area contributed by atoms with Gasteiger partial charge in [-0.15, -0.1) is 5.10 Å². The number of rotatable bonds is 7. The molecule has 1 aliphatic carbocycles. The molecule has 2 heterocycles. The lowest BCUT2D eigenvalue weighted by Gasteiger charge is -2.10. The molecule has 9 nitrogen and oxygen atoms in total. The number of hydrogen-bond donors (Lipinski definition) is 1. The normalized spacial score (nSPS) is 13.1. The van der Waals surface area contributed by atoms with Gasteiger partial charge in [0.05, 0.1) is 17.9 Å². The number of hydrogen-bond acceptors (Lipinski definition) is 6. The van der Waals surface area contributed by atoms with Crippen molar-refractivity contribution in [3.05, 3.63) is 64.8 Å². The van der Waals surface area contributed by atoms with Crippen LogP contribution in [-0.2, 0) is 16.1 Å². The number of carbonyl (C=O) groups excluding carboxylic acids is 2. The van der Waals surface area contributed by atoms with E-state index in [1.165, 1.54) is 0 Å². The summed E-state index contributed by atoms with van der Waals surface area (Å²) in [5.74, 6) is -0.496. The van der Waals surface area contributed by atoms with Gasteiger partial charge < -0.3 is 10.1 Å². The minimum absolute atomic E-state index is 0.0917. The quantitative estimate of drug-likeness (QED) is 0.602. The van der Waals surface area contributed by atoms with Crippen LogP contribution in [0.15, 0.2) is 53.6 Å². The van der Waals surface area contributed by atoms with Gasteiger partial charge in [-0.25, -0.2) is 14.3 Å². The van der Waals surface area contributed by atoms with E-state index >= 15 is 0 Å². The van der Waals surface area contributed by atoms with Gasteiger partial charge in [0.1, 0.15) is 6.54 Å². The Balaban J connectivity index is 1.58. The number of para-hydroxylation sites is 1. The highest BCUT2D eigenvalue weighted by atomic mass is 16.5. The Morgan fingerprint density at radius 3 is 2.70 bits per heavy atom. The molecule has 3 aromatic rings. The fraction of sp³-hybridized carbons (Fsp3) is 0.286. The highest BCUT2D eigenvalue weighted by Crippen LogP contribution is 2.36. The molecule has 0 radical (unpaired) electrons. The molecule has 4 rings (SSSR count). The third kappa shape index (κ3) is 4.00. The zero-order chi connectivity index (χ0) is 21.1. The van der Waals surface area contributed by atoms with Gasteiger partial charge in [-0.05, 0) is 44.0 Å². The van der Waals surface area contributed by atoms with Crippen LogP contribution in [0.5, 0.6) is 0 Å². The van der Waals surface area contributed by atoms with E-state index in [1.807, 2.05) is 6.07 Å². The zero-order valence-corrected chi connectivity index (χ0v) is 16.4. The van der Waals surface area contributed by atoms with Crippen molar-refractivity contribution in [3.8, 4) is 11.4 Å². The maximum absolute atomic E-state index is 12.9. The molecule has 0 spiro atoms. The van der Waals surface area contributed by atoms with Gasteiger partial charge in [-0.1, -0.05) is 12.1 Å². The molecule has 30 heavy (non-hydrogen) atoms. The molecule has 1 aliphatic rings. The van der Waals surface area contributed by atoms with Crippen molar-refractivity contribution in [2.24, 2.45) is 0 Å². The van der Waals surface area contributed by atoms with E-state index in [0.717, 1.165) is 17.5 Å². The molecule has 1 aromatic carbocycles. The molecule has 1 saturated carbocycles. The number of esters is 1. The fourth-order valence-corrected chi connectivity index (χ4v) is 3.18. The summed E-state index contributed by atoms with van der Waals surface area (Å²) >= 11 is 0. The fourth-order valence-electron chi connectivity index (χ4n) is 3.18. The molecule has 154 valence electrons. The van der Waals surface area contributed by atoms with Crippen molar-refractivity contribution in [3.63, 3.8) is 0 Å². The Hall–Kier alpha value is -3.75. The number of nitrogens with zero attached hydrogens (tertiary/aromatic N) is 4. The molecule has 0 saturated heterocycles. The van der Waals surface area contributed by atoms with Crippen LogP contribution < -0.4 is 11.0 Å². The second kappa shape index (κ2) is 8.32. The van der Waals surface area contributed by atoms with Gasteiger partial charge in [-0.2, -0.15) is 0 Å². The number of amides is 1. The van der Waals surface area contributed by atoms with Gasteiger partial charge in [0.15, 0.2) is 5.82 Å². The number of carbonyl (C=O) groups is 2. The smallest absolute Gasteiger partial charge is 0.346 e. The van der Waals surface area contributed by atoms with Crippen LogP contribution in [0.3, 0.4) is 0 Å². The molecular weight excluding hydrogens is 386 g/mol. The van der Waals surface area contributed by atoms with Crippen LogP contribution in [0.1, 0.15) is 36.2 Å². The summed E-state index contributed by atoms with van der Waals surface area (Å²) in [6, 6.07) is 10.3. The average molecular weight is 407 g/mol. The third-order valence-electron chi connectivity index (χ3n) is 4.69. The molecule has 1 amide bonds. The highest BCUT2D eigenvalue weighted by Gasteiger charge is 2.31. The van der Waals surface area contributed by atoms with Gasteiger partial charge >= 0.3 is 11.7 Å². The van der Waals surface area contributed by atoms with E-state index in [2.05, 4.69) is 15.4 Å². The lowest BCUT2D eigenvalue weighted by molar-refractivity contribution is -0.117. The number of ether oxygens (including phenoxy) is 1. The van der Waals surface area contributed by atoms with Crippen molar-refractivity contribution < 1.29 is 14.3 Å². The second-order valence-electron chi connectivity index (χ2n) is 6.92. The Morgan fingerprint density at radius 2 is 2.00 bits per heavy atom. The summed E-state index contributed by atoms with van der Waals surface area (Å²) in [5, 5.41) is 7.06. The van der Waals surface area contributed by atoms with Crippen molar-refractivity contribution in [2.45, 2.75) is 32.4 Å². The lowest BCUT2D eigenvalue weighted by atomic mass is 10.2. The number of benzene rings is 1. The van der Waals surface area contributed by atoms with Crippen molar-refractivity contribution in [1.82, 2.24) is 19.3 Å². The minimum Gasteiger partial charge on any atom is -0.462 e. The molecule has 9 heteroatoms. The third-order valence-corrected chi connectivity index (χ3v) is 4.69. The maximum atomic E-state index is 12.9. The molecular formula is C21H21N5O4. The number of aromatic nitrogens is 4. The summed E-state index contributed by atoms with van der Waals surface area (Å²) < 4.78 is 7.79. The maximum Gasteiger partial charge on any atom is 0.346 e. The van der Waals surface area contributed by atoms with Crippen molar-refractivity contribution in [2.75, 3.05) is 11.9 Å². The first-order valence-corrected chi connectivity index (χ1v) is 9.74. The summed E-state index contributed by atoms with van der Waals surface area (Å²) in [5.41, 5.74) is 0.946.